The number of aromatic nitrogens is 1. The Morgan fingerprint density at radius 3 is 2.50 bits per heavy atom. The van der Waals surface area contributed by atoms with Gasteiger partial charge in [-0.25, -0.2) is 4.79 Å². The maximum absolute atomic E-state index is 11.4. The number of nitrogens with zero attached hydrogens (tertiary/aromatic N) is 2. The fourth-order valence-corrected chi connectivity index (χ4v) is 4.42. The van der Waals surface area contributed by atoms with Gasteiger partial charge in [-0.2, -0.15) is 0 Å². The zero-order valence-corrected chi connectivity index (χ0v) is 16.7. The van der Waals surface area contributed by atoms with Crippen molar-refractivity contribution in [3.8, 4) is 5.75 Å². The molecule has 28 heavy (non-hydrogen) atoms. The predicted molar refractivity (Wildman–Crippen MR) is 111 cm³/mol. The van der Waals surface area contributed by atoms with Crippen molar-refractivity contribution in [1.82, 2.24) is 9.47 Å². The van der Waals surface area contributed by atoms with Crippen LogP contribution in [0.25, 0.3) is 10.9 Å². The minimum atomic E-state index is -0.891. The molecule has 4 rings (SSSR count). The molecule has 0 aliphatic carbocycles. The fourth-order valence-electron chi connectivity index (χ4n) is 3.90. The normalized spacial score (nSPS) is 14.0. The summed E-state index contributed by atoms with van der Waals surface area (Å²) >= 11 is 13.1. The minimum absolute atomic E-state index is 0.449. The van der Waals surface area contributed by atoms with E-state index in [1.165, 1.54) is 4.90 Å². The molecule has 0 saturated heterocycles. The highest BCUT2D eigenvalue weighted by Crippen LogP contribution is 2.38. The standard InChI is InChI=1S/C21H20Cl2N2O3/c22-16-6-7-17(23)20-19(16)15-8-10-24(21(26)27)11-9-18(15)25(20)12-13-28-14-4-2-1-3-5-14/h1-7H,8-13H2,(H,26,27). The molecule has 0 saturated carbocycles. The molecule has 1 aliphatic rings. The Labute approximate surface area is 173 Å². The number of halogens is 2. The van der Waals surface area contributed by atoms with Crippen LogP contribution in [0.15, 0.2) is 42.5 Å². The van der Waals surface area contributed by atoms with Gasteiger partial charge in [0.2, 0.25) is 0 Å². The molecule has 0 radical (unpaired) electrons. The monoisotopic (exact) mass is 418 g/mol. The van der Waals surface area contributed by atoms with E-state index in [2.05, 4.69) is 4.57 Å². The van der Waals surface area contributed by atoms with Crippen LogP contribution in [0.5, 0.6) is 5.75 Å². The first-order valence-electron chi connectivity index (χ1n) is 9.20. The number of amides is 1. The number of para-hydroxylation sites is 1. The van der Waals surface area contributed by atoms with Crippen molar-refractivity contribution in [2.45, 2.75) is 19.4 Å². The average Bonchev–Trinajstić information content (AvgIpc) is 2.85. The summed E-state index contributed by atoms with van der Waals surface area (Å²) in [5, 5.41) is 11.6. The lowest BCUT2D eigenvalue weighted by molar-refractivity contribution is 0.147. The van der Waals surface area contributed by atoms with E-state index < -0.39 is 6.09 Å². The largest absolute Gasteiger partial charge is 0.492 e. The molecule has 5 nitrogen and oxygen atoms in total. The molecule has 0 fully saturated rings. The van der Waals surface area contributed by atoms with Crippen LogP contribution in [0, 0.1) is 0 Å². The first-order valence-corrected chi connectivity index (χ1v) is 9.95. The Balaban J connectivity index is 1.71. The molecule has 0 bridgehead atoms. The fraction of sp³-hybridized carbons (Fsp3) is 0.286. The zero-order chi connectivity index (χ0) is 19.7. The van der Waals surface area contributed by atoms with E-state index in [-0.39, 0.29) is 0 Å². The molecule has 0 atom stereocenters. The molecule has 7 heteroatoms. The molecule has 1 amide bonds. The molecule has 1 aliphatic heterocycles. The summed E-state index contributed by atoms with van der Waals surface area (Å²) in [6.45, 7) is 1.98. The van der Waals surface area contributed by atoms with Gasteiger partial charge in [-0.3, -0.25) is 0 Å². The molecular formula is C21H20Cl2N2O3. The molecule has 146 valence electrons. The van der Waals surface area contributed by atoms with E-state index in [1.807, 2.05) is 36.4 Å². The van der Waals surface area contributed by atoms with Crippen LogP contribution in [0.1, 0.15) is 11.3 Å². The second-order valence-corrected chi connectivity index (χ2v) is 7.58. The van der Waals surface area contributed by atoms with Gasteiger partial charge in [0.05, 0.1) is 22.1 Å². The highest BCUT2D eigenvalue weighted by Gasteiger charge is 2.26. The lowest BCUT2D eigenvalue weighted by Gasteiger charge is -2.17. The number of hydrogen-bond acceptors (Lipinski definition) is 2. The summed E-state index contributed by atoms with van der Waals surface area (Å²) in [7, 11) is 0. The molecule has 1 N–H and O–H groups in total. The molecule has 2 aromatic carbocycles. The third-order valence-electron chi connectivity index (χ3n) is 5.17. The summed E-state index contributed by atoms with van der Waals surface area (Å²) in [5.41, 5.74) is 3.08. The summed E-state index contributed by atoms with van der Waals surface area (Å²) in [6, 6.07) is 13.3. The van der Waals surface area contributed by atoms with E-state index in [9.17, 15) is 9.90 Å². The van der Waals surface area contributed by atoms with E-state index in [0.717, 1.165) is 27.9 Å². The van der Waals surface area contributed by atoms with E-state index >= 15 is 0 Å². The van der Waals surface area contributed by atoms with Crippen LogP contribution in [-0.4, -0.2) is 40.4 Å². The van der Waals surface area contributed by atoms with Gasteiger partial charge in [-0.15, -0.1) is 0 Å². The van der Waals surface area contributed by atoms with Crippen LogP contribution < -0.4 is 4.74 Å². The molecule has 0 spiro atoms. The molecule has 2 heterocycles. The number of ether oxygens (including phenoxy) is 1. The third-order valence-corrected chi connectivity index (χ3v) is 5.79. The van der Waals surface area contributed by atoms with Crippen molar-refractivity contribution < 1.29 is 14.6 Å². The number of carbonyl (C=O) groups is 1. The number of carboxylic acid groups (broad SMARTS) is 1. The van der Waals surface area contributed by atoms with Gasteiger partial charge in [0.1, 0.15) is 12.4 Å². The van der Waals surface area contributed by atoms with E-state index in [0.29, 0.717) is 49.1 Å². The Morgan fingerprint density at radius 2 is 1.75 bits per heavy atom. The Bertz CT molecular complexity index is 1020. The van der Waals surface area contributed by atoms with Gasteiger partial charge < -0.3 is 19.3 Å². The van der Waals surface area contributed by atoms with Crippen molar-refractivity contribution in [2.24, 2.45) is 0 Å². The number of hydrogen-bond donors (Lipinski definition) is 1. The van der Waals surface area contributed by atoms with Gasteiger partial charge in [-0.1, -0.05) is 41.4 Å². The van der Waals surface area contributed by atoms with Crippen LogP contribution in [0.2, 0.25) is 10.0 Å². The van der Waals surface area contributed by atoms with Gasteiger partial charge >= 0.3 is 6.09 Å². The number of benzene rings is 2. The van der Waals surface area contributed by atoms with Crippen LogP contribution in [-0.2, 0) is 19.4 Å². The van der Waals surface area contributed by atoms with Crippen molar-refractivity contribution >= 4 is 40.2 Å². The smallest absolute Gasteiger partial charge is 0.407 e. The van der Waals surface area contributed by atoms with Crippen molar-refractivity contribution in [1.29, 1.82) is 0 Å². The van der Waals surface area contributed by atoms with Crippen molar-refractivity contribution in [3.05, 3.63) is 63.8 Å². The average molecular weight is 419 g/mol. The minimum Gasteiger partial charge on any atom is -0.492 e. The van der Waals surface area contributed by atoms with Gasteiger partial charge in [0.15, 0.2) is 0 Å². The number of rotatable bonds is 4. The SMILES string of the molecule is O=C(O)N1CCc2c(n(CCOc3ccccc3)c3c(Cl)ccc(Cl)c23)CC1. The van der Waals surface area contributed by atoms with Gasteiger partial charge in [0, 0.05) is 30.6 Å². The third kappa shape index (κ3) is 3.52. The van der Waals surface area contributed by atoms with E-state index in [1.54, 1.807) is 6.07 Å². The lowest BCUT2D eigenvalue weighted by atomic mass is 10.1. The molecular weight excluding hydrogens is 399 g/mol. The van der Waals surface area contributed by atoms with Crippen LogP contribution in [0.4, 0.5) is 4.79 Å². The molecule has 1 aromatic heterocycles. The Hall–Kier alpha value is -2.37. The highest BCUT2D eigenvalue weighted by atomic mass is 35.5. The summed E-state index contributed by atoms with van der Waals surface area (Å²) < 4.78 is 8.02. The summed E-state index contributed by atoms with van der Waals surface area (Å²) in [6.07, 6.45) is 0.344. The van der Waals surface area contributed by atoms with Gasteiger partial charge in [0.25, 0.3) is 0 Å². The van der Waals surface area contributed by atoms with Crippen molar-refractivity contribution in [2.75, 3.05) is 19.7 Å². The summed E-state index contributed by atoms with van der Waals surface area (Å²) in [5.74, 6) is 0.811. The van der Waals surface area contributed by atoms with E-state index in [4.69, 9.17) is 27.9 Å². The predicted octanol–water partition coefficient (Wildman–Crippen LogP) is 5.11. The second kappa shape index (κ2) is 7.94. The topological polar surface area (TPSA) is 54.7 Å². The first-order chi connectivity index (χ1) is 13.6. The van der Waals surface area contributed by atoms with Crippen LogP contribution in [0.3, 0.4) is 0 Å². The zero-order valence-electron chi connectivity index (χ0n) is 15.2. The highest BCUT2D eigenvalue weighted by molar-refractivity contribution is 6.40. The quantitative estimate of drug-likeness (QED) is 0.640. The molecule has 0 unspecified atom stereocenters. The first kappa shape index (κ1) is 19.0. The Morgan fingerprint density at radius 1 is 1.04 bits per heavy atom. The maximum atomic E-state index is 11.4. The lowest BCUT2D eigenvalue weighted by Crippen LogP contribution is -2.31. The maximum Gasteiger partial charge on any atom is 0.407 e. The number of fused-ring (bicyclic) bond motifs is 3. The summed E-state index contributed by atoms with van der Waals surface area (Å²) in [4.78, 5) is 12.9. The Kier molecular flexibility index (Phi) is 5.38. The van der Waals surface area contributed by atoms with Crippen molar-refractivity contribution in [3.63, 3.8) is 0 Å². The van der Waals surface area contributed by atoms with Crippen LogP contribution >= 0.6 is 23.2 Å². The second-order valence-electron chi connectivity index (χ2n) is 6.76. The van der Waals surface area contributed by atoms with Gasteiger partial charge in [-0.05, 0) is 36.2 Å². The molecule has 3 aromatic rings.